The van der Waals surface area contributed by atoms with Crippen molar-refractivity contribution in [2.24, 2.45) is 10.2 Å². The average molecular weight is 338 g/mol. The van der Waals surface area contributed by atoms with E-state index < -0.39 is 5.56 Å². The highest BCUT2D eigenvalue weighted by molar-refractivity contribution is 7.71. The zero-order chi connectivity index (χ0) is 17.1. The van der Waals surface area contributed by atoms with E-state index >= 15 is 0 Å². The lowest BCUT2D eigenvalue weighted by atomic mass is 10.0. The van der Waals surface area contributed by atoms with Crippen LogP contribution < -0.4 is 5.56 Å². The van der Waals surface area contributed by atoms with Crippen molar-refractivity contribution >= 4 is 30.2 Å². The van der Waals surface area contributed by atoms with Gasteiger partial charge >= 0.3 is 0 Å². The summed E-state index contributed by atoms with van der Waals surface area (Å²) in [6.07, 6.45) is 4.67. The molecule has 1 aromatic carbocycles. The van der Waals surface area contributed by atoms with Gasteiger partial charge in [-0.05, 0) is 18.3 Å². The second-order valence-corrected chi connectivity index (χ2v) is 5.44. The lowest BCUT2D eigenvalue weighted by molar-refractivity contribution is 0.412. The normalized spacial score (nSPS) is 14.8. The monoisotopic (exact) mass is 338 g/mol. The topological polar surface area (TPSA) is 82.7 Å². The van der Waals surface area contributed by atoms with Crippen molar-refractivity contribution in [3.05, 3.63) is 74.8 Å². The van der Waals surface area contributed by atoms with E-state index in [4.69, 9.17) is 12.2 Å². The minimum absolute atomic E-state index is 0.0948. The van der Waals surface area contributed by atoms with E-state index in [9.17, 15) is 9.90 Å². The van der Waals surface area contributed by atoms with Crippen molar-refractivity contribution in [3.63, 3.8) is 0 Å². The molecule has 0 aliphatic carbocycles. The molecule has 1 aliphatic heterocycles. The summed E-state index contributed by atoms with van der Waals surface area (Å²) >= 11 is 5.06. The van der Waals surface area contributed by atoms with Crippen LogP contribution in [0.1, 0.15) is 11.1 Å². The van der Waals surface area contributed by atoms with Gasteiger partial charge in [-0.2, -0.15) is 5.10 Å². The fraction of sp³-hybridized carbons (Fsp3) is 0.0588. The zero-order valence-electron chi connectivity index (χ0n) is 12.6. The molecule has 0 radical (unpaired) electrons. The molecule has 0 fully saturated rings. The van der Waals surface area contributed by atoms with Crippen molar-refractivity contribution in [1.82, 2.24) is 9.55 Å². The van der Waals surface area contributed by atoms with Crippen LogP contribution in [0.4, 0.5) is 0 Å². The number of nitrogens with one attached hydrogen (secondary N) is 1. The molecule has 24 heavy (non-hydrogen) atoms. The third-order valence-electron chi connectivity index (χ3n) is 3.49. The molecule has 6 nitrogen and oxygen atoms in total. The van der Waals surface area contributed by atoms with E-state index in [0.29, 0.717) is 11.3 Å². The molecule has 1 aliphatic rings. The third kappa shape index (κ3) is 2.89. The Bertz CT molecular complexity index is 997. The van der Waals surface area contributed by atoms with Crippen LogP contribution in [0.3, 0.4) is 0 Å². The maximum Gasteiger partial charge on any atom is 0.262 e. The van der Waals surface area contributed by atoms with Gasteiger partial charge in [-0.3, -0.25) is 14.3 Å². The minimum atomic E-state index is -0.474. The zero-order valence-corrected chi connectivity index (χ0v) is 13.5. The van der Waals surface area contributed by atoms with Gasteiger partial charge in [0.2, 0.25) is 5.88 Å². The predicted octanol–water partition coefficient (Wildman–Crippen LogP) is 2.67. The number of nitrogens with zero attached hydrogens (tertiary/aromatic N) is 3. The van der Waals surface area contributed by atoms with Crippen LogP contribution in [-0.4, -0.2) is 26.6 Å². The number of allylic oxidation sites excluding steroid dienone is 2. The van der Waals surface area contributed by atoms with Crippen LogP contribution in [0.15, 0.2) is 63.6 Å². The van der Waals surface area contributed by atoms with Crippen molar-refractivity contribution in [2.45, 2.75) is 6.54 Å². The van der Waals surface area contributed by atoms with Crippen molar-refractivity contribution < 1.29 is 5.11 Å². The summed E-state index contributed by atoms with van der Waals surface area (Å²) in [5.41, 5.74) is 1.75. The van der Waals surface area contributed by atoms with Gasteiger partial charge in [0.25, 0.3) is 5.56 Å². The molecule has 0 saturated heterocycles. The Balaban J connectivity index is 2.12. The van der Waals surface area contributed by atoms with Gasteiger partial charge in [0.05, 0.1) is 6.21 Å². The first-order valence-electron chi connectivity index (χ1n) is 7.17. The molecule has 0 bridgehead atoms. The van der Waals surface area contributed by atoms with E-state index in [-0.39, 0.29) is 22.8 Å². The summed E-state index contributed by atoms with van der Waals surface area (Å²) in [6.45, 7) is 3.90. The lowest BCUT2D eigenvalue weighted by Crippen LogP contribution is -2.17. The van der Waals surface area contributed by atoms with Crippen LogP contribution in [-0.2, 0) is 6.54 Å². The van der Waals surface area contributed by atoms with Gasteiger partial charge in [-0.1, -0.05) is 36.4 Å². The maximum absolute atomic E-state index is 12.2. The highest BCUT2D eigenvalue weighted by Gasteiger charge is 2.16. The molecular formula is C17H14N4O2S. The largest absolute Gasteiger partial charge is 0.494 e. The smallest absolute Gasteiger partial charge is 0.262 e. The van der Waals surface area contributed by atoms with E-state index in [0.717, 1.165) is 5.56 Å². The maximum atomic E-state index is 12.2. The number of hydrogen-bond donors (Lipinski definition) is 2. The van der Waals surface area contributed by atoms with Crippen molar-refractivity contribution in [1.29, 1.82) is 0 Å². The molecule has 0 spiro atoms. The number of aromatic hydroxyl groups is 1. The summed E-state index contributed by atoms with van der Waals surface area (Å²) in [4.78, 5) is 14.7. The first kappa shape index (κ1) is 15.8. The number of aromatic nitrogens is 2. The van der Waals surface area contributed by atoms with Crippen LogP contribution in [0.2, 0.25) is 0 Å². The third-order valence-corrected chi connectivity index (χ3v) is 3.82. The molecule has 0 amide bonds. The Morgan fingerprint density at radius 3 is 2.79 bits per heavy atom. The van der Waals surface area contributed by atoms with Gasteiger partial charge in [0, 0.05) is 17.7 Å². The Labute approximate surface area is 142 Å². The van der Waals surface area contributed by atoms with Gasteiger partial charge in [-0.15, -0.1) is 11.7 Å². The molecule has 7 heteroatoms. The van der Waals surface area contributed by atoms with Gasteiger partial charge in [0.1, 0.15) is 11.3 Å². The number of H-pyrrole nitrogens is 1. The van der Waals surface area contributed by atoms with Crippen LogP contribution in [0.25, 0.3) is 6.08 Å². The number of aromatic amines is 1. The molecule has 0 atom stereocenters. The Morgan fingerprint density at radius 2 is 2.08 bits per heavy atom. The Hall–Kier alpha value is -3.06. The summed E-state index contributed by atoms with van der Waals surface area (Å²) < 4.78 is 1.53. The lowest BCUT2D eigenvalue weighted by Gasteiger charge is -2.09. The molecule has 2 aromatic rings. The second-order valence-electron chi connectivity index (χ2n) is 5.05. The molecule has 1 aromatic heterocycles. The van der Waals surface area contributed by atoms with Crippen LogP contribution in [0.5, 0.6) is 5.88 Å². The minimum Gasteiger partial charge on any atom is -0.494 e. The van der Waals surface area contributed by atoms with Gasteiger partial charge in [-0.25, -0.2) is 0 Å². The molecule has 120 valence electrons. The molecule has 0 saturated carbocycles. The fourth-order valence-corrected chi connectivity index (χ4v) is 2.61. The molecule has 0 unspecified atom stereocenters. The number of rotatable bonds is 4. The Morgan fingerprint density at radius 1 is 1.33 bits per heavy atom. The van der Waals surface area contributed by atoms with Crippen LogP contribution in [0, 0.1) is 4.77 Å². The molecule has 2 heterocycles. The van der Waals surface area contributed by atoms with E-state index in [1.54, 1.807) is 18.4 Å². The fourth-order valence-electron chi connectivity index (χ4n) is 2.35. The highest BCUT2D eigenvalue weighted by atomic mass is 32.1. The summed E-state index contributed by atoms with van der Waals surface area (Å²) in [7, 11) is 0. The van der Waals surface area contributed by atoms with Crippen LogP contribution >= 0.6 is 12.2 Å². The Kier molecular flexibility index (Phi) is 4.35. The summed E-state index contributed by atoms with van der Waals surface area (Å²) in [5.74, 6) is -0.219. The molecular weight excluding hydrogens is 324 g/mol. The first-order chi connectivity index (χ1) is 11.6. The van der Waals surface area contributed by atoms with Crippen molar-refractivity contribution in [3.8, 4) is 5.88 Å². The van der Waals surface area contributed by atoms with Crippen molar-refractivity contribution in [2.75, 3.05) is 0 Å². The standard InChI is InChI=1S/C17H14N4O2S/c1-2-8-21-16(23)13(15(22)19-17(21)24)9-12-10-18-20-14(12)11-6-4-3-5-7-11/h2-7,9-10,23H,1,8H2,(H,19,22,24). The number of hydrogen-bond acceptors (Lipinski definition) is 5. The first-order valence-corrected chi connectivity index (χ1v) is 7.58. The average Bonchev–Trinajstić information content (AvgIpc) is 3.04. The molecule has 2 N–H and O–H groups in total. The summed E-state index contributed by atoms with van der Waals surface area (Å²) in [6, 6.07) is 9.48. The van der Waals surface area contributed by atoms with E-state index in [1.165, 1.54) is 4.57 Å². The molecule has 3 rings (SSSR count). The van der Waals surface area contributed by atoms with E-state index in [1.807, 2.05) is 30.3 Å². The number of benzene rings is 1. The highest BCUT2D eigenvalue weighted by Crippen LogP contribution is 2.20. The predicted molar refractivity (Wildman–Crippen MR) is 97.2 cm³/mol. The van der Waals surface area contributed by atoms with Gasteiger partial charge in [0.15, 0.2) is 4.77 Å². The SMILES string of the molecule is C=CCn1c(O)c(C=C2C=NN=C2c2ccccc2)c(=O)[nH]c1=S. The quantitative estimate of drug-likeness (QED) is 0.664. The second kappa shape index (κ2) is 6.59. The van der Waals surface area contributed by atoms with Gasteiger partial charge < -0.3 is 5.11 Å². The summed E-state index contributed by atoms with van der Waals surface area (Å²) in [5, 5.41) is 18.4. The van der Waals surface area contributed by atoms with E-state index in [2.05, 4.69) is 21.8 Å².